The first-order chi connectivity index (χ1) is 4.63. The molecule has 0 bridgehead atoms. The first-order valence-corrected chi connectivity index (χ1v) is 3.86. The maximum atomic E-state index is 5.79. The molecule has 10 heavy (non-hydrogen) atoms. The maximum absolute atomic E-state index is 5.79. The summed E-state index contributed by atoms with van der Waals surface area (Å²) >= 11 is 8.95. The molecule has 0 saturated heterocycles. The van der Waals surface area contributed by atoms with Crippen LogP contribution in [0.4, 0.5) is 5.69 Å². The minimum Gasteiger partial charge on any atom is -0.395 e. The van der Waals surface area contributed by atoms with E-state index in [1.807, 2.05) is 6.92 Å². The number of nitrogen functional groups attached to an aromatic ring is 1. The van der Waals surface area contributed by atoms with Crippen molar-refractivity contribution in [3.63, 3.8) is 0 Å². The van der Waals surface area contributed by atoms with Crippen LogP contribution in [0.1, 0.15) is 5.56 Å². The van der Waals surface area contributed by atoms with E-state index in [2.05, 4.69) is 20.9 Å². The lowest BCUT2D eigenvalue weighted by molar-refractivity contribution is 1.23. The summed E-state index contributed by atoms with van der Waals surface area (Å²) in [5.74, 6) is 0. The Morgan fingerprint density at radius 1 is 1.70 bits per heavy atom. The van der Waals surface area contributed by atoms with Gasteiger partial charge in [0.2, 0.25) is 0 Å². The van der Waals surface area contributed by atoms with Crippen molar-refractivity contribution in [3.8, 4) is 0 Å². The molecule has 0 aliphatic heterocycles. The average Bonchev–Trinajstić information content (AvgIpc) is 1.93. The van der Waals surface area contributed by atoms with Crippen molar-refractivity contribution in [3.05, 3.63) is 21.4 Å². The molecule has 0 radical (unpaired) electrons. The van der Waals surface area contributed by atoms with E-state index in [1.54, 1.807) is 6.20 Å². The van der Waals surface area contributed by atoms with Gasteiger partial charge in [0.1, 0.15) is 4.60 Å². The fourth-order valence-electron chi connectivity index (χ4n) is 0.583. The first-order valence-electron chi connectivity index (χ1n) is 2.69. The zero-order valence-corrected chi connectivity index (χ0v) is 7.70. The molecule has 2 nitrogen and oxygen atoms in total. The molecule has 0 unspecified atom stereocenters. The second-order valence-corrected chi connectivity index (χ2v) is 3.09. The van der Waals surface area contributed by atoms with Gasteiger partial charge in [0.15, 0.2) is 0 Å². The normalized spacial score (nSPS) is 9.90. The molecule has 0 amide bonds. The smallest absolute Gasteiger partial charge is 0.130 e. The predicted octanol–water partition coefficient (Wildman–Crippen LogP) is 2.39. The third-order valence-corrected chi connectivity index (χ3v) is 2.31. The van der Waals surface area contributed by atoms with Crippen molar-refractivity contribution in [2.45, 2.75) is 6.92 Å². The van der Waals surface area contributed by atoms with E-state index in [1.165, 1.54) is 0 Å². The summed E-state index contributed by atoms with van der Waals surface area (Å²) in [7, 11) is 0. The van der Waals surface area contributed by atoms with Crippen LogP contribution in [0, 0.1) is 6.92 Å². The molecular weight excluding hydrogens is 215 g/mol. The van der Waals surface area contributed by atoms with Gasteiger partial charge in [-0.3, -0.25) is 0 Å². The van der Waals surface area contributed by atoms with Crippen LogP contribution in [0.15, 0.2) is 10.8 Å². The SMILES string of the molecule is Cc1cnc(Br)c(N)c1Cl. The number of aryl methyl sites for hydroxylation is 1. The number of anilines is 1. The van der Waals surface area contributed by atoms with Gasteiger partial charge in [0.05, 0.1) is 10.7 Å². The number of hydrogen-bond donors (Lipinski definition) is 1. The number of rotatable bonds is 0. The predicted molar refractivity (Wildman–Crippen MR) is 46.1 cm³/mol. The van der Waals surface area contributed by atoms with Crippen LogP contribution in [0.5, 0.6) is 0 Å². The van der Waals surface area contributed by atoms with Crippen molar-refractivity contribution in [2.24, 2.45) is 0 Å². The molecule has 1 aromatic rings. The summed E-state index contributed by atoms with van der Waals surface area (Å²) in [4.78, 5) is 3.95. The summed E-state index contributed by atoms with van der Waals surface area (Å²) in [5, 5.41) is 0.571. The van der Waals surface area contributed by atoms with Gasteiger partial charge in [-0.2, -0.15) is 0 Å². The summed E-state index contributed by atoms with van der Waals surface area (Å²) in [6.07, 6.45) is 1.67. The van der Waals surface area contributed by atoms with Crippen molar-refractivity contribution in [2.75, 3.05) is 5.73 Å². The summed E-state index contributed by atoms with van der Waals surface area (Å²) in [6, 6.07) is 0. The highest BCUT2D eigenvalue weighted by Crippen LogP contribution is 2.27. The molecular formula is C6H6BrClN2. The van der Waals surface area contributed by atoms with Crippen molar-refractivity contribution < 1.29 is 0 Å². The fraction of sp³-hybridized carbons (Fsp3) is 0.167. The summed E-state index contributed by atoms with van der Waals surface area (Å²) in [5.41, 5.74) is 6.93. The molecule has 0 fully saturated rings. The number of nitrogens with zero attached hydrogens (tertiary/aromatic N) is 1. The topological polar surface area (TPSA) is 38.9 Å². The van der Waals surface area contributed by atoms with Crippen LogP contribution in [0.2, 0.25) is 5.02 Å². The van der Waals surface area contributed by atoms with Crippen LogP contribution in [0.3, 0.4) is 0 Å². The van der Waals surface area contributed by atoms with Gasteiger partial charge in [-0.25, -0.2) is 4.98 Å². The quantitative estimate of drug-likeness (QED) is 0.683. The Morgan fingerprint density at radius 2 is 2.30 bits per heavy atom. The fourth-order valence-corrected chi connectivity index (χ4v) is 1.14. The zero-order chi connectivity index (χ0) is 7.72. The van der Waals surface area contributed by atoms with E-state index in [0.717, 1.165) is 5.56 Å². The van der Waals surface area contributed by atoms with E-state index < -0.39 is 0 Å². The summed E-state index contributed by atoms with van der Waals surface area (Å²) in [6.45, 7) is 1.86. The molecule has 0 saturated carbocycles. The molecule has 0 aliphatic rings. The van der Waals surface area contributed by atoms with E-state index in [9.17, 15) is 0 Å². The lowest BCUT2D eigenvalue weighted by Crippen LogP contribution is -1.92. The Bertz CT molecular complexity index is 235. The van der Waals surface area contributed by atoms with Gasteiger partial charge >= 0.3 is 0 Å². The van der Waals surface area contributed by atoms with Crippen LogP contribution >= 0.6 is 27.5 Å². The van der Waals surface area contributed by atoms with E-state index in [4.69, 9.17) is 17.3 Å². The monoisotopic (exact) mass is 220 g/mol. The molecule has 2 N–H and O–H groups in total. The number of halogens is 2. The Kier molecular flexibility index (Phi) is 2.16. The van der Waals surface area contributed by atoms with Crippen LogP contribution < -0.4 is 5.73 Å². The van der Waals surface area contributed by atoms with Gasteiger partial charge in [-0.15, -0.1) is 0 Å². The minimum atomic E-state index is 0.502. The third kappa shape index (κ3) is 1.25. The second-order valence-electron chi connectivity index (χ2n) is 1.96. The second kappa shape index (κ2) is 2.76. The average molecular weight is 221 g/mol. The van der Waals surface area contributed by atoms with Gasteiger partial charge in [-0.05, 0) is 28.4 Å². The van der Waals surface area contributed by atoms with Crippen molar-refractivity contribution in [1.82, 2.24) is 4.98 Å². The highest BCUT2D eigenvalue weighted by Gasteiger charge is 2.03. The Hall–Kier alpha value is -0.280. The molecule has 0 aromatic carbocycles. The van der Waals surface area contributed by atoms with Crippen molar-refractivity contribution >= 4 is 33.2 Å². The molecule has 1 rings (SSSR count). The lowest BCUT2D eigenvalue weighted by atomic mass is 10.3. The molecule has 1 aromatic heterocycles. The van der Waals surface area contributed by atoms with E-state index in [-0.39, 0.29) is 0 Å². The Balaban J connectivity index is 3.34. The molecule has 0 aliphatic carbocycles. The van der Waals surface area contributed by atoms with Crippen molar-refractivity contribution in [1.29, 1.82) is 0 Å². The maximum Gasteiger partial charge on any atom is 0.130 e. The molecule has 1 heterocycles. The third-order valence-electron chi connectivity index (χ3n) is 1.18. The minimum absolute atomic E-state index is 0.502. The standard InChI is InChI=1S/C6H6BrClN2/c1-3-2-10-6(7)5(9)4(3)8/h2H,9H2,1H3. The van der Waals surface area contributed by atoms with E-state index in [0.29, 0.717) is 15.3 Å². The van der Waals surface area contributed by atoms with Gasteiger partial charge < -0.3 is 5.73 Å². The van der Waals surface area contributed by atoms with Crippen LogP contribution in [-0.2, 0) is 0 Å². The molecule has 0 atom stereocenters. The number of hydrogen-bond acceptors (Lipinski definition) is 2. The molecule has 4 heteroatoms. The Labute approximate surface area is 72.5 Å². The molecule has 54 valence electrons. The lowest BCUT2D eigenvalue weighted by Gasteiger charge is -2.01. The first kappa shape index (κ1) is 7.82. The number of nitrogens with two attached hydrogens (primary N) is 1. The highest BCUT2D eigenvalue weighted by molar-refractivity contribution is 9.10. The Morgan fingerprint density at radius 3 is 2.80 bits per heavy atom. The van der Waals surface area contributed by atoms with E-state index >= 15 is 0 Å². The van der Waals surface area contributed by atoms with Gasteiger partial charge in [0.25, 0.3) is 0 Å². The number of pyridine rings is 1. The molecule has 0 spiro atoms. The number of aromatic nitrogens is 1. The summed E-state index contributed by atoms with van der Waals surface area (Å²) < 4.78 is 0.600. The highest BCUT2D eigenvalue weighted by atomic mass is 79.9. The van der Waals surface area contributed by atoms with Crippen LogP contribution in [0.25, 0.3) is 0 Å². The largest absolute Gasteiger partial charge is 0.395 e. The van der Waals surface area contributed by atoms with Crippen LogP contribution in [-0.4, -0.2) is 4.98 Å². The van der Waals surface area contributed by atoms with Gasteiger partial charge in [0, 0.05) is 6.20 Å². The zero-order valence-electron chi connectivity index (χ0n) is 5.36. The van der Waals surface area contributed by atoms with Gasteiger partial charge in [-0.1, -0.05) is 11.6 Å².